The van der Waals surface area contributed by atoms with E-state index < -0.39 is 36.2 Å². The number of ether oxygens (including phenoxy) is 1. The molecule has 2 aromatic carbocycles. The minimum absolute atomic E-state index is 0.0387. The topological polar surface area (TPSA) is 155 Å². The van der Waals surface area contributed by atoms with Crippen molar-refractivity contribution in [1.29, 1.82) is 0 Å². The highest BCUT2D eigenvalue weighted by atomic mass is 79.9. The van der Waals surface area contributed by atoms with Crippen molar-refractivity contribution in [3.05, 3.63) is 93.2 Å². The molecule has 0 saturated carbocycles. The van der Waals surface area contributed by atoms with Crippen molar-refractivity contribution in [3.63, 3.8) is 0 Å². The molecule has 0 aliphatic heterocycles. The summed E-state index contributed by atoms with van der Waals surface area (Å²) in [6.07, 6.45) is 1.02. The number of thiophene rings is 1. The van der Waals surface area contributed by atoms with Gasteiger partial charge < -0.3 is 31.3 Å². The molecule has 0 spiro atoms. The van der Waals surface area contributed by atoms with Gasteiger partial charge in [-0.1, -0.05) is 70.5 Å². The molecule has 5 N–H and O–H groups in total. The van der Waals surface area contributed by atoms with E-state index in [0.717, 1.165) is 17.5 Å². The first kappa shape index (κ1) is 34.4. The van der Waals surface area contributed by atoms with Crippen LogP contribution in [0.5, 0.6) is 0 Å². The average Bonchev–Trinajstić information content (AvgIpc) is 3.44. The quantitative estimate of drug-likeness (QED) is 0.0828. The first-order valence-electron chi connectivity index (χ1n) is 13.9. The number of benzene rings is 2. The largest absolute Gasteiger partial charge is 0.357 e. The Bertz CT molecular complexity index is 1420. The monoisotopic (exact) mass is 685 g/mol. The predicted molar refractivity (Wildman–Crippen MR) is 171 cm³/mol. The fourth-order valence-corrected chi connectivity index (χ4v) is 5.15. The molecule has 0 saturated heterocycles. The molecule has 3 aromatic rings. The molecular formula is C31H36BrN5O6S. The van der Waals surface area contributed by atoms with Gasteiger partial charge in [0, 0.05) is 17.7 Å². The van der Waals surface area contributed by atoms with Gasteiger partial charge in [-0.25, -0.2) is 0 Å². The molecule has 0 unspecified atom stereocenters. The van der Waals surface area contributed by atoms with Gasteiger partial charge in [0.05, 0.1) is 31.6 Å². The third-order valence-corrected chi connectivity index (χ3v) is 7.73. The van der Waals surface area contributed by atoms with Crippen LogP contribution in [0.3, 0.4) is 0 Å². The second-order valence-corrected chi connectivity index (χ2v) is 11.5. The summed E-state index contributed by atoms with van der Waals surface area (Å²) in [5.41, 5.74) is 4.21. The van der Waals surface area contributed by atoms with Gasteiger partial charge in [-0.2, -0.15) is 0 Å². The Kier molecular flexibility index (Phi) is 14.5. The summed E-state index contributed by atoms with van der Waals surface area (Å²) < 4.78 is 5.61. The van der Waals surface area contributed by atoms with Crippen LogP contribution in [0, 0.1) is 6.92 Å². The fraction of sp³-hybridized carbons (Fsp3) is 0.323. The number of carbonyl (C=O) groups excluding carboxylic acids is 5. The van der Waals surface area contributed by atoms with Crippen LogP contribution in [0.2, 0.25) is 0 Å². The number of hydrogen-bond acceptors (Lipinski definition) is 7. The first-order valence-corrected chi connectivity index (χ1v) is 15.9. The van der Waals surface area contributed by atoms with Crippen molar-refractivity contribution in [2.45, 2.75) is 32.4 Å². The van der Waals surface area contributed by atoms with Crippen molar-refractivity contribution in [3.8, 4) is 0 Å². The maximum absolute atomic E-state index is 12.9. The first-order chi connectivity index (χ1) is 21.2. The third kappa shape index (κ3) is 13.1. The lowest BCUT2D eigenvalue weighted by molar-refractivity contribution is -0.131. The maximum Gasteiger partial charge on any atom is 0.243 e. The van der Waals surface area contributed by atoms with Crippen molar-refractivity contribution in [1.82, 2.24) is 26.6 Å². The molecule has 13 heteroatoms. The van der Waals surface area contributed by atoms with Gasteiger partial charge in [0.25, 0.3) is 0 Å². The Morgan fingerprint density at radius 2 is 1.43 bits per heavy atom. The molecule has 0 bridgehead atoms. The van der Waals surface area contributed by atoms with Crippen LogP contribution < -0.4 is 26.6 Å². The third-order valence-electron chi connectivity index (χ3n) is 6.17. The van der Waals surface area contributed by atoms with E-state index in [2.05, 4.69) is 73.0 Å². The molecule has 1 aromatic heterocycles. The minimum atomic E-state index is -0.996. The van der Waals surface area contributed by atoms with Crippen molar-refractivity contribution in [2.75, 3.05) is 31.7 Å². The number of amides is 5. The molecule has 0 aliphatic rings. The van der Waals surface area contributed by atoms with E-state index in [1.54, 1.807) is 11.3 Å². The van der Waals surface area contributed by atoms with Crippen LogP contribution >= 0.6 is 27.3 Å². The van der Waals surface area contributed by atoms with E-state index in [-0.39, 0.29) is 37.5 Å². The molecule has 234 valence electrons. The summed E-state index contributed by atoms with van der Waals surface area (Å²) in [4.78, 5) is 62.2. The molecule has 0 aliphatic carbocycles. The Balaban J connectivity index is 1.42. The van der Waals surface area contributed by atoms with E-state index in [4.69, 9.17) is 4.74 Å². The molecule has 0 radical (unpaired) electrons. The average molecular weight is 687 g/mol. The lowest BCUT2D eigenvalue weighted by Crippen LogP contribution is -2.52. The molecule has 0 fully saturated rings. The SMILES string of the molecule is Cc1csc(Cc2cccc(COCNC(=O)CNC(=O)[C@H](Cc3ccccc3)NC(=O)CNC(=O)CNC(=O)CBr)c2)c1. The normalized spacial score (nSPS) is 11.2. The Morgan fingerprint density at radius 1 is 0.773 bits per heavy atom. The van der Waals surface area contributed by atoms with Gasteiger partial charge in [0.15, 0.2) is 0 Å². The second kappa shape index (κ2) is 18.6. The Labute approximate surface area is 268 Å². The van der Waals surface area contributed by atoms with Crippen LogP contribution in [0.4, 0.5) is 0 Å². The van der Waals surface area contributed by atoms with Gasteiger partial charge >= 0.3 is 0 Å². The lowest BCUT2D eigenvalue weighted by atomic mass is 10.1. The standard InChI is InChI=1S/C31H36BrN5O6S/c1-21-10-25(44-19-21)12-23-8-5-9-24(11-23)18-43-20-36-29(40)16-35-31(42)26(13-22-6-3-2-4-7-22)37-30(41)17-34-28(39)15-33-27(38)14-32/h2-11,19,26H,12-18,20H2,1H3,(H,33,38)(H,34,39)(H,35,42)(H,36,40)(H,37,41)/t26-/m0/s1. The van der Waals surface area contributed by atoms with Gasteiger partial charge in [0.1, 0.15) is 12.8 Å². The van der Waals surface area contributed by atoms with Crippen molar-refractivity contribution < 1.29 is 28.7 Å². The number of carbonyl (C=O) groups is 5. The van der Waals surface area contributed by atoms with Crippen molar-refractivity contribution >= 4 is 56.8 Å². The molecule has 1 heterocycles. The zero-order chi connectivity index (χ0) is 31.7. The van der Waals surface area contributed by atoms with Crippen LogP contribution in [0.1, 0.15) is 27.1 Å². The molecule has 3 rings (SSSR count). The van der Waals surface area contributed by atoms with Crippen molar-refractivity contribution in [2.24, 2.45) is 0 Å². The van der Waals surface area contributed by atoms with Crippen LogP contribution in [0.25, 0.3) is 0 Å². The summed E-state index contributed by atoms with van der Waals surface area (Å²) in [5, 5.41) is 14.7. The zero-order valence-electron chi connectivity index (χ0n) is 24.3. The predicted octanol–water partition coefficient (Wildman–Crippen LogP) is 1.71. The fourth-order valence-electron chi connectivity index (χ4n) is 4.04. The van der Waals surface area contributed by atoms with Gasteiger partial charge in [0.2, 0.25) is 29.5 Å². The highest BCUT2D eigenvalue weighted by Crippen LogP contribution is 2.19. The molecule has 5 amide bonds. The number of halogens is 1. The number of hydrogen-bond donors (Lipinski definition) is 5. The maximum atomic E-state index is 12.9. The summed E-state index contributed by atoms with van der Waals surface area (Å²) in [6, 6.07) is 18.3. The van der Waals surface area contributed by atoms with E-state index in [1.807, 2.05) is 42.5 Å². The molecular weight excluding hydrogens is 650 g/mol. The van der Waals surface area contributed by atoms with Crippen LogP contribution in [-0.2, 0) is 48.2 Å². The smallest absolute Gasteiger partial charge is 0.243 e. The molecule has 1 atom stereocenters. The highest BCUT2D eigenvalue weighted by molar-refractivity contribution is 9.09. The van der Waals surface area contributed by atoms with Gasteiger partial charge in [-0.15, -0.1) is 11.3 Å². The van der Waals surface area contributed by atoms with E-state index >= 15 is 0 Å². The summed E-state index contributed by atoms with van der Waals surface area (Å²) >= 11 is 4.71. The summed E-state index contributed by atoms with van der Waals surface area (Å²) in [7, 11) is 0. The van der Waals surface area contributed by atoms with E-state index in [9.17, 15) is 24.0 Å². The minimum Gasteiger partial charge on any atom is -0.357 e. The number of rotatable bonds is 17. The van der Waals surface area contributed by atoms with E-state index in [0.29, 0.717) is 6.61 Å². The number of aryl methyl sites for hydroxylation is 1. The summed E-state index contributed by atoms with van der Waals surface area (Å²) in [6.45, 7) is 1.36. The zero-order valence-corrected chi connectivity index (χ0v) is 26.7. The van der Waals surface area contributed by atoms with E-state index in [1.165, 1.54) is 16.0 Å². The van der Waals surface area contributed by atoms with Crippen LogP contribution in [-0.4, -0.2) is 67.3 Å². The molecule has 44 heavy (non-hydrogen) atoms. The lowest BCUT2D eigenvalue weighted by Gasteiger charge is -2.19. The Morgan fingerprint density at radius 3 is 2.16 bits per heavy atom. The second-order valence-electron chi connectivity index (χ2n) is 9.89. The van der Waals surface area contributed by atoms with Crippen LogP contribution in [0.15, 0.2) is 66.0 Å². The summed E-state index contributed by atoms with van der Waals surface area (Å²) in [5.74, 6) is -2.55. The molecule has 11 nitrogen and oxygen atoms in total. The number of nitrogens with one attached hydrogen (secondary N) is 5. The van der Waals surface area contributed by atoms with Gasteiger partial charge in [-0.3, -0.25) is 24.0 Å². The van der Waals surface area contributed by atoms with Gasteiger partial charge in [-0.05, 0) is 40.6 Å². The highest BCUT2D eigenvalue weighted by Gasteiger charge is 2.22. The number of alkyl halides is 1. The Hall–Kier alpha value is -4.07.